The summed E-state index contributed by atoms with van der Waals surface area (Å²) in [6.07, 6.45) is 12.8. The van der Waals surface area contributed by atoms with Gasteiger partial charge in [-0.15, -0.1) is 5.70 Å². The molecule has 0 aromatic heterocycles. The Morgan fingerprint density at radius 3 is 2.18 bits per heavy atom. The molecule has 176 valence electrons. The van der Waals surface area contributed by atoms with Gasteiger partial charge in [0, 0.05) is 36.0 Å². The zero-order valence-corrected chi connectivity index (χ0v) is 24.8. The molecule has 33 heavy (non-hydrogen) atoms. The number of halogens is 1. The topological polar surface area (TPSA) is 14.1 Å². The number of hydrogen-bond donors (Lipinski definition) is 0. The van der Waals surface area contributed by atoms with Gasteiger partial charge in [0.2, 0.25) is 0 Å². The Bertz CT molecular complexity index is 1030. The van der Waals surface area contributed by atoms with Crippen LogP contribution in [0.25, 0.3) is 5.32 Å². The molecule has 2 bridgehead atoms. The van der Waals surface area contributed by atoms with Crippen LogP contribution in [0, 0.1) is 0 Å². The normalized spacial score (nSPS) is 25.5. The molecule has 6 heteroatoms. The summed E-state index contributed by atoms with van der Waals surface area (Å²) in [5, 5.41) is 8.35. The minimum absolute atomic E-state index is 0.372. The van der Waals surface area contributed by atoms with Crippen molar-refractivity contribution in [3.05, 3.63) is 100 Å². The van der Waals surface area contributed by atoms with Crippen LogP contribution >= 0.6 is 23.8 Å². The van der Waals surface area contributed by atoms with Crippen molar-refractivity contribution in [1.29, 1.82) is 0 Å². The Kier molecular flexibility index (Phi) is 10.9. The van der Waals surface area contributed by atoms with Crippen molar-refractivity contribution in [2.45, 2.75) is 19.5 Å². The van der Waals surface area contributed by atoms with Gasteiger partial charge in [0.1, 0.15) is 0 Å². The summed E-state index contributed by atoms with van der Waals surface area (Å²) in [5.74, 6) is 0. The third kappa shape index (κ3) is 7.39. The van der Waals surface area contributed by atoms with E-state index in [1.54, 1.807) is 16.2 Å². The van der Waals surface area contributed by atoms with Gasteiger partial charge in [-0.25, -0.2) is 0 Å². The third-order valence-corrected chi connectivity index (χ3v) is 14.0. The molecule has 0 saturated heterocycles. The Labute approximate surface area is 213 Å². The SMILES string of the molecule is C/C1=C2\C=CC=C(Cc3ccccc3[PH+](C)Cc3ccccc3[PH+](C)CC[PH+](C)C1)[N-]2.[F][Ru+]. The van der Waals surface area contributed by atoms with Crippen LogP contribution in [0.15, 0.2) is 83.7 Å². The average Bonchev–Trinajstić information content (AvgIpc) is 2.84. The van der Waals surface area contributed by atoms with Gasteiger partial charge in [-0.2, -0.15) is 5.70 Å². The van der Waals surface area contributed by atoms with Crippen molar-refractivity contribution < 1.29 is 22.1 Å². The number of allylic oxidation sites excluding steroid dienone is 5. The fraction of sp³-hybridized carbons (Fsp3) is 0.333. The molecule has 2 heterocycles. The van der Waals surface area contributed by atoms with E-state index < -0.39 is 15.8 Å². The van der Waals surface area contributed by atoms with E-state index in [1.165, 1.54) is 47.2 Å². The molecule has 3 unspecified atom stereocenters. The Hall–Kier alpha value is -0.697. The van der Waals surface area contributed by atoms with Crippen LogP contribution in [-0.4, -0.2) is 38.5 Å². The zero-order valence-electron chi connectivity index (χ0n) is 20.1. The molecule has 2 aromatic rings. The van der Waals surface area contributed by atoms with Gasteiger partial charge in [-0.05, 0) is 31.0 Å². The monoisotopic (exact) mass is 588 g/mol. The zero-order chi connectivity index (χ0) is 23.8. The maximum absolute atomic E-state index is 9.43. The molecule has 4 rings (SSSR count). The number of rotatable bonds is 0. The van der Waals surface area contributed by atoms with E-state index >= 15 is 0 Å². The summed E-state index contributed by atoms with van der Waals surface area (Å²) in [6, 6.07) is 18.5. The number of nitrogens with zero attached hydrogens (tertiary/aromatic N) is 1. The molecule has 0 spiro atoms. The Morgan fingerprint density at radius 2 is 1.45 bits per heavy atom. The van der Waals surface area contributed by atoms with Crippen LogP contribution in [0.2, 0.25) is 0 Å². The molecule has 1 nitrogen and oxygen atoms in total. The van der Waals surface area contributed by atoms with Crippen molar-refractivity contribution in [2.75, 3.05) is 38.5 Å². The number of hydrogen-bond acceptors (Lipinski definition) is 0. The maximum atomic E-state index is 9.43. The molecule has 0 fully saturated rings. The van der Waals surface area contributed by atoms with Crippen LogP contribution in [0.4, 0.5) is 3.32 Å². The fourth-order valence-electron chi connectivity index (χ4n) is 4.74. The van der Waals surface area contributed by atoms with Gasteiger partial charge in [0.05, 0.1) is 48.6 Å². The first-order chi connectivity index (χ1) is 16.0. The summed E-state index contributed by atoms with van der Waals surface area (Å²) < 4.78 is 9.43. The molecule has 2 aliphatic rings. The van der Waals surface area contributed by atoms with Crippen molar-refractivity contribution in [1.82, 2.24) is 0 Å². The first-order valence-electron chi connectivity index (χ1n) is 11.6. The summed E-state index contributed by atoms with van der Waals surface area (Å²) >= 11 is 0.850. The van der Waals surface area contributed by atoms with Crippen LogP contribution < -0.4 is 10.6 Å². The minimum atomic E-state index is -0.671. The predicted octanol–water partition coefficient (Wildman–Crippen LogP) is 6.74. The average molecular weight is 588 g/mol. The summed E-state index contributed by atoms with van der Waals surface area (Å²) in [5.41, 5.74) is 6.97. The number of benzene rings is 2. The molecular weight excluding hydrogens is 551 g/mol. The van der Waals surface area contributed by atoms with Crippen molar-refractivity contribution in [3.8, 4) is 0 Å². The first-order valence-corrected chi connectivity index (χ1v) is 19.0. The van der Waals surface area contributed by atoms with Gasteiger partial charge in [-0.3, -0.25) is 0 Å². The van der Waals surface area contributed by atoms with Crippen LogP contribution in [0.3, 0.4) is 0 Å². The second-order valence-corrected chi connectivity index (χ2v) is 17.0. The molecule has 0 radical (unpaired) electrons. The van der Waals surface area contributed by atoms with Gasteiger partial charge < -0.3 is 5.32 Å². The quantitative estimate of drug-likeness (QED) is 0.239. The van der Waals surface area contributed by atoms with Crippen LogP contribution in [-0.2, 0) is 31.4 Å². The van der Waals surface area contributed by atoms with Crippen LogP contribution in [0.5, 0.6) is 0 Å². The van der Waals surface area contributed by atoms with E-state index in [-0.39, 0.29) is 7.92 Å². The second-order valence-electron chi connectivity index (χ2n) is 9.16. The molecule has 2 aliphatic heterocycles. The van der Waals surface area contributed by atoms with Gasteiger partial charge >= 0.3 is 22.1 Å². The second kappa shape index (κ2) is 13.4. The molecular formula is C27H36FNP3Ru+3. The number of fused-ring (bicyclic) bond motifs is 4. The van der Waals surface area contributed by atoms with Crippen molar-refractivity contribution in [3.63, 3.8) is 0 Å². The first kappa shape index (κ1) is 26.9. The van der Waals surface area contributed by atoms with E-state index in [0.717, 1.165) is 25.2 Å². The van der Waals surface area contributed by atoms with E-state index in [0.29, 0.717) is 0 Å². The van der Waals surface area contributed by atoms with Crippen molar-refractivity contribution >= 4 is 34.4 Å². The van der Waals surface area contributed by atoms with E-state index in [4.69, 9.17) is 5.32 Å². The summed E-state index contributed by atoms with van der Waals surface area (Å²) in [6.45, 7) is 9.86. The Balaban J connectivity index is 0.00000149. The standard InChI is InChI=1S/C27H33NP3.FH.Ru/c1-21-19-29(2)16-17-30(3)27-15-8-6-11-23(27)20-31(4)26-14-7-5-10-22(26)18-24-12-9-13-25(21)28-24;;/h5-15H,16-20H2,1-4H3;1H;/q-1;;+2/p+2/b25-21-;;. The third-order valence-electron chi connectivity index (χ3n) is 6.52. The molecule has 3 atom stereocenters. The van der Waals surface area contributed by atoms with Crippen LogP contribution in [0.1, 0.15) is 18.1 Å². The van der Waals surface area contributed by atoms with Gasteiger partial charge in [-0.1, -0.05) is 60.2 Å². The molecule has 0 aliphatic carbocycles. The summed E-state index contributed by atoms with van der Waals surface area (Å²) in [7, 11) is -1.54. The van der Waals surface area contributed by atoms with E-state index in [9.17, 15) is 3.32 Å². The van der Waals surface area contributed by atoms with Gasteiger partial charge in [0.25, 0.3) is 0 Å². The van der Waals surface area contributed by atoms with Crippen molar-refractivity contribution in [2.24, 2.45) is 0 Å². The van der Waals surface area contributed by atoms with E-state index in [1.807, 2.05) is 0 Å². The predicted molar refractivity (Wildman–Crippen MR) is 151 cm³/mol. The molecule has 0 N–H and O–H groups in total. The fourth-order valence-corrected chi connectivity index (χ4v) is 12.9. The van der Waals surface area contributed by atoms with Gasteiger partial charge in [0.15, 0.2) is 0 Å². The summed E-state index contributed by atoms with van der Waals surface area (Å²) in [4.78, 5) is 0. The molecule has 0 saturated carbocycles. The Morgan fingerprint density at radius 1 is 0.818 bits per heavy atom. The molecule has 0 amide bonds. The molecule has 2 aromatic carbocycles. The van der Waals surface area contributed by atoms with E-state index in [2.05, 4.69) is 93.7 Å².